The van der Waals surface area contributed by atoms with Crippen LogP contribution in [0.5, 0.6) is 0 Å². The minimum absolute atomic E-state index is 0.137. The number of hydrogen-bond acceptors (Lipinski definition) is 5. The van der Waals surface area contributed by atoms with Gasteiger partial charge in [-0.1, -0.05) is 23.2 Å². The first kappa shape index (κ1) is 18.7. The highest BCUT2D eigenvalue weighted by Crippen LogP contribution is 2.20. The van der Waals surface area contributed by atoms with Crippen LogP contribution in [0.2, 0.25) is 10.0 Å². The lowest BCUT2D eigenvalue weighted by Crippen LogP contribution is -2.43. The SMILES string of the molecule is CC(=O)NNC(=O)COC(=O)CNC(=O)c1ccc(Cl)cc1Cl. The van der Waals surface area contributed by atoms with Crippen molar-refractivity contribution < 1.29 is 23.9 Å². The van der Waals surface area contributed by atoms with Crippen molar-refractivity contribution in [1.29, 1.82) is 0 Å². The molecule has 124 valence electrons. The molecule has 0 aromatic heterocycles. The predicted molar refractivity (Wildman–Crippen MR) is 81.7 cm³/mol. The van der Waals surface area contributed by atoms with E-state index in [-0.39, 0.29) is 10.6 Å². The van der Waals surface area contributed by atoms with Gasteiger partial charge in [0, 0.05) is 11.9 Å². The first-order valence-corrected chi connectivity index (χ1v) is 6.99. The molecule has 1 aromatic rings. The molecule has 1 aromatic carbocycles. The molecular weight excluding hydrogens is 349 g/mol. The highest BCUT2D eigenvalue weighted by atomic mass is 35.5. The average Bonchev–Trinajstić information content (AvgIpc) is 2.48. The number of carbonyl (C=O) groups is 4. The highest BCUT2D eigenvalue weighted by molar-refractivity contribution is 6.36. The molecule has 0 aliphatic heterocycles. The van der Waals surface area contributed by atoms with Crippen LogP contribution < -0.4 is 16.2 Å². The number of ether oxygens (including phenoxy) is 1. The Morgan fingerprint density at radius 3 is 2.43 bits per heavy atom. The highest BCUT2D eigenvalue weighted by Gasteiger charge is 2.13. The number of carbonyl (C=O) groups excluding carboxylic acids is 4. The minimum Gasteiger partial charge on any atom is -0.454 e. The minimum atomic E-state index is -0.832. The topological polar surface area (TPSA) is 114 Å². The monoisotopic (exact) mass is 361 g/mol. The molecule has 0 spiro atoms. The molecule has 0 atom stereocenters. The number of halogens is 2. The van der Waals surface area contributed by atoms with E-state index in [0.29, 0.717) is 5.02 Å². The van der Waals surface area contributed by atoms with Crippen LogP contribution in [0, 0.1) is 0 Å². The smallest absolute Gasteiger partial charge is 0.325 e. The second kappa shape index (κ2) is 8.96. The molecule has 0 fully saturated rings. The van der Waals surface area contributed by atoms with E-state index in [1.165, 1.54) is 25.1 Å². The molecule has 10 heteroatoms. The number of hydrazine groups is 1. The van der Waals surface area contributed by atoms with Crippen molar-refractivity contribution in [3.05, 3.63) is 33.8 Å². The Bertz CT molecular complexity index is 636. The maximum absolute atomic E-state index is 11.8. The maximum Gasteiger partial charge on any atom is 0.325 e. The molecule has 0 heterocycles. The van der Waals surface area contributed by atoms with Crippen LogP contribution in [0.1, 0.15) is 17.3 Å². The predicted octanol–water partition coefficient (Wildman–Crippen LogP) is 0.434. The van der Waals surface area contributed by atoms with E-state index in [2.05, 4.69) is 10.1 Å². The molecule has 1 rings (SSSR count). The van der Waals surface area contributed by atoms with Gasteiger partial charge in [0.05, 0.1) is 10.6 Å². The summed E-state index contributed by atoms with van der Waals surface area (Å²) in [5.41, 5.74) is 4.18. The van der Waals surface area contributed by atoms with Crippen molar-refractivity contribution in [2.24, 2.45) is 0 Å². The van der Waals surface area contributed by atoms with Crippen LogP contribution in [0.25, 0.3) is 0 Å². The quantitative estimate of drug-likeness (QED) is 0.519. The number of rotatable bonds is 5. The van der Waals surface area contributed by atoms with Crippen molar-refractivity contribution in [3.8, 4) is 0 Å². The summed E-state index contributed by atoms with van der Waals surface area (Å²) >= 11 is 11.6. The Morgan fingerprint density at radius 1 is 1.13 bits per heavy atom. The van der Waals surface area contributed by atoms with Crippen LogP contribution in [0.15, 0.2) is 18.2 Å². The van der Waals surface area contributed by atoms with Gasteiger partial charge in [-0.05, 0) is 18.2 Å². The lowest BCUT2D eigenvalue weighted by molar-refractivity contribution is -0.148. The number of benzene rings is 1. The third-order valence-corrected chi connectivity index (χ3v) is 2.86. The molecule has 3 N–H and O–H groups in total. The van der Waals surface area contributed by atoms with Gasteiger partial charge < -0.3 is 10.1 Å². The van der Waals surface area contributed by atoms with Crippen molar-refractivity contribution in [2.75, 3.05) is 13.2 Å². The fraction of sp³-hybridized carbons (Fsp3) is 0.231. The third kappa shape index (κ3) is 6.98. The molecular formula is C13H13Cl2N3O5. The molecule has 0 bridgehead atoms. The van der Waals surface area contributed by atoms with Gasteiger partial charge in [-0.2, -0.15) is 0 Å². The number of nitrogens with one attached hydrogen (secondary N) is 3. The maximum atomic E-state index is 11.8. The van der Waals surface area contributed by atoms with Crippen LogP contribution in [-0.2, 0) is 19.1 Å². The standard InChI is InChI=1S/C13H13Cl2N3O5/c1-7(19)17-18-11(20)6-23-12(21)5-16-13(22)9-3-2-8(14)4-10(9)15/h2-4H,5-6H2,1H3,(H,16,22)(H,17,19)(H,18,20). The lowest BCUT2D eigenvalue weighted by Gasteiger charge is -2.08. The zero-order chi connectivity index (χ0) is 17.4. The van der Waals surface area contributed by atoms with E-state index >= 15 is 0 Å². The second-order valence-corrected chi connectivity index (χ2v) is 5.04. The number of amides is 3. The van der Waals surface area contributed by atoms with Gasteiger partial charge in [0.15, 0.2) is 6.61 Å². The Hall–Kier alpha value is -2.32. The molecule has 23 heavy (non-hydrogen) atoms. The normalized spacial score (nSPS) is 9.70. The molecule has 0 aliphatic rings. The van der Waals surface area contributed by atoms with E-state index in [1.54, 1.807) is 0 Å². The first-order valence-electron chi connectivity index (χ1n) is 6.24. The van der Waals surface area contributed by atoms with E-state index < -0.39 is 36.8 Å². The molecule has 0 saturated carbocycles. The summed E-state index contributed by atoms with van der Waals surface area (Å²) in [6, 6.07) is 4.28. The lowest BCUT2D eigenvalue weighted by atomic mass is 10.2. The van der Waals surface area contributed by atoms with Crippen molar-refractivity contribution in [3.63, 3.8) is 0 Å². The summed E-state index contributed by atoms with van der Waals surface area (Å²) in [6.45, 7) is 0.144. The summed E-state index contributed by atoms with van der Waals surface area (Å²) in [4.78, 5) is 44.9. The molecule has 3 amide bonds. The van der Waals surface area contributed by atoms with E-state index in [1.807, 2.05) is 10.9 Å². The van der Waals surface area contributed by atoms with Gasteiger partial charge >= 0.3 is 5.97 Å². The summed E-state index contributed by atoms with van der Waals surface area (Å²) < 4.78 is 4.60. The average molecular weight is 362 g/mol. The summed E-state index contributed by atoms with van der Waals surface area (Å²) in [6.07, 6.45) is 0. The van der Waals surface area contributed by atoms with Crippen molar-refractivity contribution in [1.82, 2.24) is 16.2 Å². The largest absolute Gasteiger partial charge is 0.454 e. The Balaban J connectivity index is 2.36. The van der Waals surface area contributed by atoms with Gasteiger partial charge in [0.1, 0.15) is 6.54 Å². The molecule has 0 radical (unpaired) electrons. The molecule has 0 saturated heterocycles. The second-order valence-electron chi connectivity index (χ2n) is 4.20. The van der Waals surface area contributed by atoms with Crippen LogP contribution in [-0.4, -0.2) is 36.8 Å². The summed E-state index contributed by atoms with van der Waals surface area (Å²) in [5, 5.41) is 2.80. The van der Waals surface area contributed by atoms with Gasteiger partial charge in [-0.15, -0.1) is 0 Å². The first-order chi connectivity index (χ1) is 10.8. The summed E-state index contributed by atoms with van der Waals surface area (Å²) in [5.74, 6) is -2.62. The zero-order valence-electron chi connectivity index (χ0n) is 11.9. The molecule has 0 unspecified atom stereocenters. The number of esters is 1. The Kier molecular flexibility index (Phi) is 7.30. The third-order valence-electron chi connectivity index (χ3n) is 2.31. The van der Waals surface area contributed by atoms with Crippen LogP contribution in [0.4, 0.5) is 0 Å². The molecule has 8 nitrogen and oxygen atoms in total. The van der Waals surface area contributed by atoms with E-state index in [9.17, 15) is 19.2 Å². The van der Waals surface area contributed by atoms with Gasteiger partial charge in [-0.3, -0.25) is 30.0 Å². The van der Waals surface area contributed by atoms with Gasteiger partial charge in [0.2, 0.25) is 5.91 Å². The van der Waals surface area contributed by atoms with Gasteiger partial charge in [-0.25, -0.2) is 0 Å². The van der Waals surface area contributed by atoms with Crippen molar-refractivity contribution in [2.45, 2.75) is 6.92 Å². The number of hydrogen-bond donors (Lipinski definition) is 3. The zero-order valence-corrected chi connectivity index (χ0v) is 13.5. The van der Waals surface area contributed by atoms with E-state index in [0.717, 1.165) is 0 Å². The van der Waals surface area contributed by atoms with Crippen molar-refractivity contribution >= 4 is 46.9 Å². The van der Waals surface area contributed by atoms with Crippen LogP contribution >= 0.6 is 23.2 Å². The Labute approximate surface area is 141 Å². The fourth-order valence-electron chi connectivity index (χ4n) is 1.31. The Morgan fingerprint density at radius 2 is 1.83 bits per heavy atom. The summed E-state index contributed by atoms with van der Waals surface area (Å²) in [7, 11) is 0. The molecule has 0 aliphatic carbocycles. The van der Waals surface area contributed by atoms with E-state index in [4.69, 9.17) is 23.2 Å². The fourth-order valence-corrected chi connectivity index (χ4v) is 1.81. The van der Waals surface area contributed by atoms with Crippen LogP contribution in [0.3, 0.4) is 0 Å². The van der Waals surface area contributed by atoms with Gasteiger partial charge in [0.25, 0.3) is 11.8 Å².